The molecule has 0 bridgehead atoms. The zero-order valence-corrected chi connectivity index (χ0v) is 31.3. The summed E-state index contributed by atoms with van der Waals surface area (Å²) < 4.78 is 2.83. The summed E-state index contributed by atoms with van der Waals surface area (Å²) in [7, 11) is 0. The minimum atomic E-state index is -0.459. The predicted molar refractivity (Wildman–Crippen MR) is 211 cm³/mol. The smallest absolute Gasteiger partial charge is 0.268 e. The zero-order chi connectivity index (χ0) is 37.3. The van der Waals surface area contributed by atoms with Crippen LogP contribution in [0.2, 0.25) is 0 Å². The molecule has 52 heavy (non-hydrogen) atoms. The molecule has 0 saturated heterocycles. The maximum Gasteiger partial charge on any atom is 0.268 e. The molecule has 5 N–H and O–H groups in total. The molecule has 1 aliphatic rings. The molecule has 270 valence electrons. The van der Waals surface area contributed by atoms with Gasteiger partial charge in [-0.15, -0.1) is 0 Å². The molecular weight excluding hydrogens is 653 g/mol. The lowest BCUT2D eigenvalue weighted by molar-refractivity contribution is 0.440. The van der Waals surface area contributed by atoms with Gasteiger partial charge in [0, 0.05) is 34.9 Å². The number of fused-ring (bicyclic) bond motifs is 3. The number of hydrogen-bond donors (Lipinski definition) is 4. The van der Waals surface area contributed by atoms with Crippen molar-refractivity contribution in [1.82, 2.24) is 9.13 Å². The highest BCUT2D eigenvalue weighted by molar-refractivity contribution is 6.27. The van der Waals surface area contributed by atoms with Crippen LogP contribution in [0, 0.1) is 0 Å². The van der Waals surface area contributed by atoms with Crippen molar-refractivity contribution in [2.75, 3.05) is 31.5 Å². The number of pyridine rings is 2. The molecule has 0 unspecified atom stereocenters. The van der Waals surface area contributed by atoms with Gasteiger partial charge in [-0.1, -0.05) is 91.8 Å². The largest absolute Gasteiger partial charge is 0.494 e. The average molecular weight is 701 g/mol. The third kappa shape index (κ3) is 5.10. The van der Waals surface area contributed by atoms with E-state index in [1.165, 1.54) is 9.13 Å². The van der Waals surface area contributed by atoms with Gasteiger partial charge in [-0.3, -0.25) is 19.6 Å². The maximum atomic E-state index is 15.2. The number of benzene rings is 4. The molecule has 1 aliphatic heterocycles. The van der Waals surface area contributed by atoms with E-state index in [0.29, 0.717) is 69.0 Å². The topological polar surface area (TPSA) is 147 Å². The normalized spacial score (nSPS) is 13.2. The lowest BCUT2D eigenvalue weighted by Gasteiger charge is -2.26. The van der Waals surface area contributed by atoms with Crippen LogP contribution in [0.15, 0.2) is 62.0 Å². The van der Waals surface area contributed by atoms with E-state index in [0.717, 1.165) is 22.3 Å². The molecule has 0 fully saturated rings. The van der Waals surface area contributed by atoms with Crippen LogP contribution >= 0.6 is 0 Å². The summed E-state index contributed by atoms with van der Waals surface area (Å²) in [4.78, 5) is 40.1. The molecule has 3 heterocycles. The Labute approximate surface area is 302 Å². The van der Waals surface area contributed by atoms with Gasteiger partial charge in [0.25, 0.3) is 11.1 Å². The van der Waals surface area contributed by atoms with Crippen molar-refractivity contribution in [2.45, 2.75) is 79.1 Å². The lowest BCUT2D eigenvalue weighted by atomic mass is 9.90. The second-order valence-electron chi connectivity index (χ2n) is 15.1. The van der Waals surface area contributed by atoms with Gasteiger partial charge in [-0.2, -0.15) is 0 Å². The van der Waals surface area contributed by atoms with Crippen molar-refractivity contribution in [3.8, 4) is 23.1 Å². The van der Waals surface area contributed by atoms with Crippen LogP contribution in [0.4, 0.5) is 5.69 Å². The highest BCUT2D eigenvalue weighted by atomic mass is 16.3. The molecule has 0 atom stereocenters. The standard InChI is InChI=1S/C42H48N6O4/c1-20(2)24-11-9-12-25(21(3)4)37(24)47-39(49)28-19-29(44-16-15-43)31-32-30(28)33(41(47)51)35-36(46-18-17-45-35)34(32)42(52)48(40(31)50)38-26(22(5)6)13-10-14-27(38)23(7)8/h9-14,19-23,44,49,52H,15-18,43H2,1-8H3. The molecule has 0 amide bonds. The molecule has 10 heteroatoms. The van der Waals surface area contributed by atoms with E-state index in [4.69, 9.17) is 15.7 Å². The van der Waals surface area contributed by atoms with Crippen LogP contribution in [0.25, 0.3) is 43.7 Å². The Morgan fingerprint density at radius 2 is 1.10 bits per heavy atom. The molecule has 7 rings (SSSR count). The number of anilines is 1. The third-order valence-electron chi connectivity index (χ3n) is 10.5. The van der Waals surface area contributed by atoms with Crippen molar-refractivity contribution in [3.63, 3.8) is 0 Å². The maximum absolute atomic E-state index is 15.2. The monoisotopic (exact) mass is 700 g/mol. The Morgan fingerprint density at radius 1 is 0.654 bits per heavy atom. The van der Waals surface area contributed by atoms with Gasteiger partial charge in [-0.05, 0) is 52.0 Å². The zero-order valence-electron chi connectivity index (χ0n) is 31.3. The summed E-state index contributed by atoms with van der Waals surface area (Å²) in [5.41, 5.74) is 10.4. The fraction of sp³-hybridized carbons (Fsp3) is 0.381. The molecule has 0 spiro atoms. The van der Waals surface area contributed by atoms with Gasteiger partial charge in [0.2, 0.25) is 11.8 Å². The number of aromatic nitrogens is 2. The van der Waals surface area contributed by atoms with E-state index in [2.05, 4.69) is 60.7 Å². The summed E-state index contributed by atoms with van der Waals surface area (Å²) in [6.07, 6.45) is 0. The first-order valence-electron chi connectivity index (χ1n) is 18.4. The van der Waals surface area contributed by atoms with Gasteiger partial charge in [0.05, 0.1) is 51.3 Å². The number of rotatable bonds is 9. The lowest BCUT2D eigenvalue weighted by Crippen LogP contribution is -2.38. The van der Waals surface area contributed by atoms with Crippen LogP contribution in [0.3, 0.4) is 0 Å². The molecular formula is C42H48N6O4. The summed E-state index contributed by atoms with van der Waals surface area (Å²) in [6.45, 7) is 17.8. The molecule has 0 radical (unpaired) electrons. The van der Waals surface area contributed by atoms with Crippen LogP contribution in [-0.2, 0) is 0 Å². The van der Waals surface area contributed by atoms with Gasteiger partial charge in [-0.25, -0.2) is 9.13 Å². The van der Waals surface area contributed by atoms with Gasteiger partial charge in [0.15, 0.2) is 0 Å². The number of aromatic hydroxyl groups is 2. The highest BCUT2D eigenvalue weighted by Crippen LogP contribution is 2.43. The first-order chi connectivity index (χ1) is 24.8. The number of nitrogens with two attached hydrogens (primary N) is 1. The number of nitrogens with one attached hydrogen (secondary N) is 1. The Balaban J connectivity index is 1.80. The van der Waals surface area contributed by atoms with E-state index >= 15 is 9.59 Å². The average Bonchev–Trinajstić information content (AvgIpc) is 3.11. The summed E-state index contributed by atoms with van der Waals surface area (Å²) >= 11 is 0. The first kappa shape index (κ1) is 35.2. The minimum absolute atomic E-state index is 0.0362. The van der Waals surface area contributed by atoms with Crippen molar-refractivity contribution in [2.24, 2.45) is 15.7 Å². The van der Waals surface area contributed by atoms with E-state index in [1.807, 2.05) is 36.4 Å². The van der Waals surface area contributed by atoms with E-state index in [9.17, 15) is 10.2 Å². The Bertz CT molecular complexity index is 2600. The van der Waals surface area contributed by atoms with Crippen molar-refractivity contribution >= 4 is 38.0 Å². The second kappa shape index (κ2) is 13.1. The van der Waals surface area contributed by atoms with Gasteiger partial charge in [0.1, 0.15) is 0 Å². The third-order valence-corrected chi connectivity index (χ3v) is 10.5. The molecule has 2 aromatic heterocycles. The van der Waals surface area contributed by atoms with Crippen LogP contribution in [0.1, 0.15) is 101 Å². The van der Waals surface area contributed by atoms with Crippen molar-refractivity contribution < 1.29 is 10.2 Å². The molecule has 10 nitrogen and oxygen atoms in total. The number of para-hydroxylation sites is 2. The SMILES string of the molecule is CC(C)c1cccc(C(C)C)c1-n1c(O)c2c3c(c4c(=O)n(-c5c(C(C)C)cccc5C(C)C)c(O)c5cc(NCCN)c(c1=O)c2c54)=NCCN=3. The second-order valence-corrected chi connectivity index (χ2v) is 15.1. The Morgan fingerprint density at radius 3 is 1.56 bits per heavy atom. The van der Waals surface area contributed by atoms with Gasteiger partial charge >= 0.3 is 0 Å². The minimum Gasteiger partial charge on any atom is -0.494 e. The predicted octanol–water partition coefficient (Wildman–Crippen LogP) is 6.41. The quantitative estimate of drug-likeness (QED) is 0.128. The van der Waals surface area contributed by atoms with E-state index in [1.54, 1.807) is 6.07 Å². The van der Waals surface area contributed by atoms with Crippen LogP contribution in [0.5, 0.6) is 11.8 Å². The Kier molecular flexibility index (Phi) is 8.85. The van der Waals surface area contributed by atoms with Crippen molar-refractivity contribution in [1.29, 1.82) is 0 Å². The Hall–Kier alpha value is -5.22. The molecule has 0 aliphatic carbocycles. The van der Waals surface area contributed by atoms with Gasteiger partial charge < -0.3 is 21.3 Å². The fourth-order valence-corrected chi connectivity index (χ4v) is 8.07. The van der Waals surface area contributed by atoms with Crippen LogP contribution < -0.4 is 32.9 Å². The molecule has 0 saturated carbocycles. The molecule has 4 aromatic carbocycles. The summed E-state index contributed by atoms with van der Waals surface area (Å²) in [5.74, 6) is -0.375. The molecule has 6 aromatic rings. The summed E-state index contributed by atoms with van der Waals surface area (Å²) in [5, 5.41) is 30.9. The summed E-state index contributed by atoms with van der Waals surface area (Å²) in [6, 6.07) is 13.7. The number of hydrogen-bond acceptors (Lipinski definition) is 8. The highest BCUT2D eigenvalue weighted by Gasteiger charge is 2.31. The first-order valence-corrected chi connectivity index (χ1v) is 18.4. The van der Waals surface area contributed by atoms with Crippen LogP contribution in [-0.4, -0.2) is 45.5 Å². The fourth-order valence-electron chi connectivity index (χ4n) is 8.07. The van der Waals surface area contributed by atoms with Crippen molar-refractivity contribution in [3.05, 3.63) is 96.1 Å². The van der Waals surface area contributed by atoms with E-state index < -0.39 is 11.1 Å². The van der Waals surface area contributed by atoms with E-state index in [-0.39, 0.29) is 52.7 Å². The number of nitrogens with zero attached hydrogens (tertiary/aromatic N) is 4.